The number of hydrogen-bond donors (Lipinski definition) is 1. The van der Waals surface area contributed by atoms with E-state index in [0.29, 0.717) is 6.54 Å². The van der Waals surface area contributed by atoms with E-state index in [2.05, 4.69) is 43.0 Å². The first-order valence-electron chi connectivity index (χ1n) is 7.21. The first-order valence-corrected chi connectivity index (χ1v) is 7.21. The fourth-order valence-corrected chi connectivity index (χ4v) is 2.60. The van der Waals surface area contributed by atoms with Crippen LogP contribution in [0.25, 0.3) is 0 Å². The Morgan fingerprint density at radius 3 is 2.44 bits per heavy atom. The van der Waals surface area contributed by atoms with Crippen molar-refractivity contribution in [3.05, 3.63) is 35.4 Å². The Morgan fingerprint density at radius 1 is 1.22 bits per heavy atom. The van der Waals surface area contributed by atoms with E-state index >= 15 is 0 Å². The van der Waals surface area contributed by atoms with Crippen molar-refractivity contribution >= 4 is 0 Å². The SMILES string of the molecule is CC(C)CN(CCc1ccccc1CN)C1CC1. The summed E-state index contributed by atoms with van der Waals surface area (Å²) in [5.41, 5.74) is 8.53. The van der Waals surface area contributed by atoms with Crippen LogP contribution in [-0.2, 0) is 13.0 Å². The minimum Gasteiger partial charge on any atom is -0.326 e. The van der Waals surface area contributed by atoms with Crippen LogP contribution in [0.5, 0.6) is 0 Å². The van der Waals surface area contributed by atoms with Crippen molar-refractivity contribution in [2.45, 2.75) is 45.7 Å². The first-order chi connectivity index (χ1) is 8.70. The smallest absolute Gasteiger partial charge is 0.0180 e. The van der Waals surface area contributed by atoms with Crippen LogP contribution in [0.4, 0.5) is 0 Å². The van der Waals surface area contributed by atoms with Gasteiger partial charge in [-0.05, 0) is 36.3 Å². The fraction of sp³-hybridized carbons (Fsp3) is 0.625. The van der Waals surface area contributed by atoms with Crippen molar-refractivity contribution in [3.63, 3.8) is 0 Å². The molecule has 1 fully saturated rings. The highest BCUT2D eigenvalue weighted by atomic mass is 15.2. The van der Waals surface area contributed by atoms with Crippen LogP contribution in [0.2, 0.25) is 0 Å². The predicted octanol–water partition coefficient (Wildman–Crippen LogP) is 2.81. The maximum atomic E-state index is 5.80. The molecule has 1 aliphatic rings. The lowest BCUT2D eigenvalue weighted by Gasteiger charge is -2.24. The van der Waals surface area contributed by atoms with Crippen molar-refractivity contribution in [3.8, 4) is 0 Å². The summed E-state index contributed by atoms with van der Waals surface area (Å²) in [6.45, 7) is 7.69. The molecule has 0 spiro atoms. The Bertz CT molecular complexity index is 369. The summed E-state index contributed by atoms with van der Waals surface area (Å²) in [6.07, 6.45) is 3.92. The summed E-state index contributed by atoms with van der Waals surface area (Å²) in [7, 11) is 0. The summed E-state index contributed by atoms with van der Waals surface area (Å²) in [6, 6.07) is 9.44. The van der Waals surface area contributed by atoms with Crippen LogP contribution in [0.3, 0.4) is 0 Å². The first kappa shape index (κ1) is 13.6. The highest BCUT2D eigenvalue weighted by Crippen LogP contribution is 2.27. The standard InChI is InChI=1S/C16H26N2/c1-13(2)12-18(16-7-8-16)10-9-14-5-3-4-6-15(14)11-17/h3-6,13,16H,7-12,17H2,1-2H3. The summed E-state index contributed by atoms with van der Waals surface area (Å²) in [5, 5.41) is 0. The summed E-state index contributed by atoms with van der Waals surface area (Å²) in [5.74, 6) is 0.760. The van der Waals surface area contributed by atoms with Gasteiger partial charge in [0.15, 0.2) is 0 Å². The number of benzene rings is 1. The van der Waals surface area contributed by atoms with Crippen LogP contribution in [-0.4, -0.2) is 24.0 Å². The lowest BCUT2D eigenvalue weighted by molar-refractivity contribution is 0.237. The molecule has 2 rings (SSSR count). The number of rotatable bonds is 7. The average Bonchev–Trinajstić information content (AvgIpc) is 3.18. The summed E-state index contributed by atoms with van der Waals surface area (Å²) in [4.78, 5) is 2.66. The van der Waals surface area contributed by atoms with E-state index in [9.17, 15) is 0 Å². The third-order valence-electron chi connectivity index (χ3n) is 3.67. The molecular formula is C16H26N2. The number of hydrogen-bond acceptors (Lipinski definition) is 2. The van der Waals surface area contributed by atoms with E-state index < -0.39 is 0 Å². The molecule has 0 aromatic heterocycles. The summed E-state index contributed by atoms with van der Waals surface area (Å²) >= 11 is 0. The van der Waals surface area contributed by atoms with E-state index in [1.807, 2.05) is 0 Å². The quantitative estimate of drug-likeness (QED) is 0.801. The predicted molar refractivity (Wildman–Crippen MR) is 77.5 cm³/mol. The van der Waals surface area contributed by atoms with Gasteiger partial charge in [-0.25, -0.2) is 0 Å². The Labute approximate surface area is 111 Å². The summed E-state index contributed by atoms with van der Waals surface area (Å²) < 4.78 is 0. The Kier molecular flexibility index (Phi) is 4.79. The van der Waals surface area contributed by atoms with Crippen LogP contribution in [0.1, 0.15) is 37.8 Å². The van der Waals surface area contributed by atoms with Crippen molar-refractivity contribution < 1.29 is 0 Å². The largest absolute Gasteiger partial charge is 0.326 e. The van der Waals surface area contributed by atoms with E-state index in [1.165, 1.54) is 37.1 Å². The fourth-order valence-electron chi connectivity index (χ4n) is 2.60. The molecule has 18 heavy (non-hydrogen) atoms. The monoisotopic (exact) mass is 246 g/mol. The molecule has 0 aliphatic heterocycles. The maximum Gasteiger partial charge on any atom is 0.0180 e. The molecule has 0 unspecified atom stereocenters. The zero-order valence-electron chi connectivity index (χ0n) is 11.7. The lowest BCUT2D eigenvalue weighted by Crippen LogP contribution is -2.32. The van der Waals surface area contributed by atoms with E-state index in [-0.39, 0.29) is 0 Å². The number of nitrogens with zero attached hydrogens (tertiary/aromatic N) is 1. The molecular weight excluding hydrogens is 220 g/mol. The molecule has 100 valence electrons. The highest BCUT2D eigenvalue weighted by Gasteiger charge is 2.28. The highest BCUT2D eigenvalue weighted by molar-refractivity contribution is 5.27. The lowest BCUT2D eigenvalue weighted by atomic mass is 10.0. The maximum absolute atomic E-state index is 5.80. The minimum atomic E-state index is 0.657. The third-order valence-corrected chi connectivity index (χ3v) is 3.67. The normalized spacial score (nSPS) is 15.6. The average molecular weight is 246 g/mol. The molecule has 0 atom stereocenters. The second-order valence-corrected chi connectivity index (χ2v) is 5.84. The van der Waals surface area contributed by atoms with Crippen molar-refractivity contribution in [1.29, 1.82) is 0 Å². The second kappa shape index (κ2) is 6.35. The Morgan fingerprint density at radius 2 is 1.89 bits per heavy atom. The molecule has 2 nitrogen and oxygen atoms in total. The van der Waals surface area contributed by atoms with Gasteiger partial charge in [0.05, 0.1) is 0 Å². The third kappa shape index (κ3) is 3.82. The van der Waals surface area contributed by atoms with Gasteiger partial charge in [-0.1, -0.05) is 38.1 Å². The van der Waals surface area contributed by atoms with E-state index in [4.69, 9.17) is 5.73 Å². The molecule has 1 aromatic rings. The van der Waals surface area contributed by atoms with E-state index in [1.54, 1.807) is 0 Å². The van der Waals surface area contributed by atoms with Crippen molar-refractivity contribution in [2.24, 2.45) is 11.7 Å². The second-order valence-electron chi connectivity index (χ2n) is 5.84. The Hall–Kier alpha value is -0.860. The molecule has 1 saturated carbocycles. The van der Waals surface area contributed by atoms with E-state index in [0.717, 1.165) is 18.4 Å². The van der Waals surface area contributed by atoms with Gasteiger partial charge in [0, 0.05) is 25.7 Å². The topological polar surface area (TPSA) is 29.3 Å². The number of nitrogens with two attached hydrogens (primary N) is 1. The van der Waals surface area contributed by atoms with Crippen LogP contribution in [0, 0.1) is 5.92 Å². The van der Waals surface area contributed by atoms with Crippen LogP contribution >= 0.6 is 0 Å². The van der Waals surface area contributed by atoms with Gasteiger partial charge in [0.2, 0.25) is 0 Å². The van der Waals surface area contributed by atoms with Gasteiger partial charge < -0.3 is 5.73 Å². The molecule has 2 N–H and O–H groups in total. The molecule has 0 amide bonds. The Balaban J connectivity index is 1.92. The van der Waals surface area contributed by atoms with Gasteiger partial charge >= 0.3 is 0 Å². The van der Waals surface area contributed by atoms with Crippen molar-refractivity contribution in [2.75, 3.05) is 13.1 Å². The van der Waals surface area contributed by atoms with Gasteiger partial charge in [-0.2, -0.15) is 0 Å². The van der Waals surface area contributed by atoms with Crippen LogP contribution in [0.15, 0.2) is 24.3 Å². The molecule has 0 heterocycles. The molecule has 0 radical (unpaired) electrons. The molecule has 1 aromatic carbocycles. The molecule has 1 aliphatic carbocycles. The molecule has 0 saturated heterocycles. The zero-order valence-corrected chi connectivity index (χ0v) is 11.7. The molecule has 0 bridgehead atoms. The van der Waals surface area contributed by atoms with Gasteiger partial charge in [0.25, 0.3) is 0 Å². The van der Waals surface area contributed by atoms with Gasteiger partial charge in [0.1, 0.15) is 0 Å². The van der Waals surface area contributed by atoms with Crippen LogP contribution < -0.4 is 5.73 Å². The van der Waals surface area contributed by atoms with Gasteiger partial charge in [-0.3, -0.25) is 4.90 Å². The minimum absolute atomic E-state index is 0.657. The van der Waals surface area contributed by atoms with Gasteiger partial charge in [-0.15, -0.1) is 0 Å². The van der Waals surface area contributed by atoms with Crippen molar-refractivity contribution in [1.82, 2.24) is 4.90 Å². The zero-order chi connectivity index (χ0) is 13.0. The molecule has 2 heteroatoms.